The Morgan fingerprint density at radius 3 is 2.39 bits per heavy atom. The number of aliphatic carboxylic acids is 1. The van der Waals surface area contributed by atoms with Crippen molar-refractivity contribution in [2.75, 3.05) is 13.1 Å². The second kappa shape index (κ2) is 6.57. The van der Waals surface area contributed by atoms with Gasteiger partial charge in [0.2, 0.25) is 0 Å². The van der Waals surface area contributed by atoms with Gasteiger partial charge in [-0.25, -0.2) is 4.79 Å². The number of ether oxygens (including phenoxy) is 1. The minimum Gasteiger partial charge on any atom is -0.481 e. The summed E-state index contributed by atoms with van der Waals surface area (Å²) in [4.78, 5) is 25.2. The maximum absolute atomic E-state index is 12.2. The van der Waals surface area contributed by atoms with Crippen molar-refractivity contribution < 1.29 is 19.4 Å². The van der Waals surface area contributed by atoms with E-state index >= 15 is 0 Å². The number of amides is 1. The molecule has 1 fully saturated rings. The molecule has 1 aliphatic heterocycles. The van der Waals surface area contributed by atoms with Crippen LogP contribution in [0.15, 0.2) is 18.2 Å². The van der Waals surface area contributed by atoms with E-state index in [1.165, 1.54) is 4.90 Å². The van der Waals surface area contributed by atoms with E-state index in [1.807, 2.05) is 0 Å². The van der Waals surface area contributed by atoms with Gasteiger partial charge in [-0.2, -0.15) is 0 Å². The van der Waals surface area contributed by atoms with Gasteiger partial charge in [-0.05, 0) is 38.5 Å². The first-order chi connectivity index (χ1) is 10.6. The third kappa shape index (κ3) is 4.30. The Bertz CT molecular complexity index is 627. The molecule has 23 heavy (non-hydrogen) atoms. The molecule has 1 saturated heterocycles. The van der Waals surface area contributed by atoms with Crippen LogP contribution in [0.2, 0.25) is 10.0 Å². The van der Waals surface area contributed by atoms with Crippen LogP contribution >= 0.6 is 23.2 Å². The maximum atomic E-state index is 12.2. The highest BCUT2D eigenvalue weighted by Crippen LogP contribution is 2.36. The molecule has 0 bridgehead atoms. The van der Waals surface area contributed by atoms with E-state index in [1.54, 1.807) is 39.0 Å². The van der Waals surface area contributed by atoms with Crippen molar-refractivity contribution >= 4 is 35.3 Å². The largest absolute Gasteiger partial charge is 0.481 e. The van der Waals surface area contributed by atoms with E-state index in [0.717, 1.165) is 5.56 Å². The van der Waals surface area contributed by atoms with Crippen molar-refractivity contribution in [2.24, 2.45) is 5.92 Å². The lowest BCUT2D eigenvalue weighted by Crippen LogP contribution is -2.35. The van der Waals surface area contributed by atoms with Crippen LogP contribution in [0.25, 0.3) is 0 Å². The lowest BCUT2D eigenvalue weighted by molar-refractivity contribution is -0.141. The number of benzene rings is 1. The molecular weight excluding hydrogens is 341 g/mol. The van der Waals surface area contributed by atoms with Crippen LogP contribution in [0, 0.1) is 5.92 Å². The van der Waals surface area contributed by atoms with E-state index in [4.69, 9.17) is 27.9 Å². The molecule has 1 aromatic rings. The van der Waals surface area contributed by atoms with E-state index in [9.17, 15) is 14.7 Å². The zero-order valence-electron chi connectivity index (χ0n) is 13.2. The predicted molar refractivity (Wildman–Crippen MR) is 88.1 cm³/mol. The summed E-state index contributed by atoms with van der Waals surface area (Å²) in [5.41, 5.74) is 0.121. The molecule has 1 heterocycles. The summed E-state index contributed by atoms with van der Waals surface area (Å²) in [6.45, 7) is 5.68. The number of hydrogen-bond acceptors (Lipinski definition) is 3. The Hall–Kier alpha value is -1.46. The standard InChI is InChI=1S/C16H19Cl2NO4/c1-16(2,3)23-15(22)19-7-10(11(8-19)14(20)21)9-4-5-12(17)13(18)6-9/h4-6,10-11H,7-8H2,1-3H3,(H,20,21)/t10-,11?/m1/s1. The predicted octanol–water partition coefficient (Wildman–Crippen LogP) is 4.03. The minimum absolute atomic E-state index is 0.106. The van der Waals surface area contributed by atoms with Gasteiger partial charge in [-0.1, -0.05) is 29.3 Å². The van der Waals surface area contributed by atoms with Crippen LogP contribution in [-0.2, 0) is 9.53 Å². The quantitative estimate of drug-likeness (QED) is 0.865. The van der Waals surface area contributed by atoms with Gasteiger partial charge in [0, 0.05) is 19.0 Å². The van der Waals surface area contributed by atoms with E-state index in [2.05, 4.69) is 0 Å². The number of likely N-dealkylation sites (tertiary alicyclic amines) is 1. The Labute approximate surface area is 145 Å². The Kier molecular flexibility index (Phi) is 5.11. The van der Waals surface area contributed by atoms with Gasteiger partial charge in [0.15, 0.2) is 0 Å². The normalized spacial score (nSPS) is 21.3. The number of carbonyl (C=O) groups excluding carboxylic acids is 1. The topological polar surface area (TPSA) is 66.8 Å². The molecule has 1 N–H and O–H groups in total. The van der Waals surface area contributed by atoms with E-state index < -0.39 is 23.6 Å². The summed E-state index contributed by atoms with van der Waals surface area (Å²) in [6.07, 6.45) is -0.508. The molecule has 5 nitrogen and oxygen atoms in total. The van der Waals surface area contributed by atoms with Crippen LogP contribution in [0.4, 0.5) is 4.79 Å². The van der Waals surface area contributed by atoms with Crippen molar-refractivity contribution in [3.8, 4) is 0 Å². The van der Waals surface area contributed by atoms with Gasteiger partial charge < -0.3 is 14.7 Å². The Morgan fingerprint density at radius 2 is 1.87 bits per heavy atom. The molecule has 0 saturated carbocycles. The number of carboxylic acids is 1. The summed E-state index contributed by atoms with van der Waals surface area (Å²) in [5.74, 6) is -2.01. The first kappa shape index (κ1) is 17.9. The summed E-state index contributed by atoms with van der Waals surface area (Å²) in [5, 5.41) is 10.2. The van der Waals surface area contributed by atoms with E-state index in [-0.39, 0.29) is 19.0 Å². The first-order valence-corrected chi connectivity index (χ1v) is 8.00. The van der Waals surface area contributed by atoms with Gasteiger partial charge in [0.05, 0.1) is 16.0 Å². The van der Waals surface area contributed by atoms with Crippen LogP contribution in [0.5, 0.6) is 0 Å². The molecular formula is C16H19Cl2NO4. The minimum atomic E-state index is -0.952. The van der Waals surface area contributed by atoms with Crippen LogP contribution in [0.1, 0.15) is 32.3 Å². The fraction of sp³-hybridized carbons (Fsp3) is 0.500. The number of carbonyl (C=O) groups is 2. The number of hydrogen-bond donors (Lipinski definition) is 1. The average molecular weight is 360 g/mol. The summed E-state index contributed by atoms with van der Waals surface area (Å²) in [6, 6.07) is 5.03. The Balaban J connectivity index is 2.23. The van der Waals surface area contributed by atoms with Crippen LogP contribution < -0.4 is 0 Å². The molecule has 1 amide bonds. The maximum Gasteiger partial charge on any atom is 0.410 e. The molecule has 126 valence electrons. The van der Waals surface area contributed by atoms with Gasteiger partial charge in [-0.3, -0.25) is 4.79 Å². The molecule has 0 radical (unpaired) electrons. The number of rotatable bonds is 2. The van der Waals surface area contributed by atoms with Crippen molar-refractivity contribution in [3.05, 3.63) is 33.8 Å². The molecule has 0 aliphatic carbocycles. The summed E-state index contributed by atoms with van der Waals surface area (Å²) < 4.78 is 5.32. The van der Waals surface area contributed by atoms with Crippen molar-refractivity contribution in [2.45, 2.75) is 32.3 Å². The highest BCUT2D eigenvalue weighted by molar-refractivity contribution is 6.42. The number of halogens is 2. The fourth-order valence-corrected chi connectivity index (χ4v) is 2.92. The van der Waals surface area contributed by atoms with Gasteiger partial charge in [-0.15, -0.1) is 0 Å². The van der Waals surface area contributed by atoms with Crippen molar-refractivity contribution in [1.82, 2.24) is 4.90 Å². The van der Waals surface area contributed by atoms with Gasteiger partial charge in [0.1, 0.15) is 5.60 Å². The molecule has 2 rings (SSSR count). The third-order valence-corrected chi connectivity index (χ3v) is 4.40. The smallest absolute Gasteiger partial charge is 0.410 e. The molecule has 1 aromatic carbocycles. The summed E-state index contributed by atoms with van der Waals surface area (Å²) >= 11 is 11.9. The molecule has 0 spiro atoms. The van der Waals surface area contributed by atoms with Crippen LogP contribution in [0.3, 0.4) is 0 Å². The molecule has 2 atom stereocenters. The summed E-state index contributed by atoms with van der Waals surface area (Å²) in [7, 11) is 0. The number of nitrogens with zero attached hydrogens (tertiary/aromatic N) is 1. The van der Waals surface area contributed by atoms with Crippen molar-refractivity contribution in [3.63, 3.8) is 0 Å². The Morgan fingerprint density at radius 1 is 1.22 bits per heavy atom. The van der Waals surface area contributed by atoms with Crippen molar-refractivity contribution in [1.29, 1.82) is 0 Å². The third-order valence-electron chi connectivity index (χ3n) is 3.66. The lowest BCUT2D eigenvalue weighted by atomic mass is 9.89. The van der Waals surface area contributed by atoms with Gasteiger partial charge in [0.25, 0.3) is 0 Å². The number of carboxylic acid groups (broad SMARTS) is 1. The molecule has 1 unspecified atom stereocenters. The van der Waals surface area contributed by atoms with E-state index in [0.29, 0.717) is 10.0 Å². The van der Waals surface area contributed by atoms with Crippen LogP contribution in [-0.4, -0.2) is 40.8 Å². The second-order valence-corrected chi connectivity index (χ2v) is 7.42. The molecule has 1 aliphatic rings. The fourth-order valence-electron chi connectivity index (χ4n) is 2.61. The molecule has 7 heteroatoms. The molecule has 0 aromatic heterocycles. The zero-order valence-corrected chi connectivity index (χ0v) is 14.7. The van der Waals surface area contributed by atoms with Gasteiger partial charge >= 0.3 is 12.1 Å². The monoisotopic (exact) mass is 359 g/mol. The SMILES string of the molecule is CC(C)(C)OC(=O)N1CC(C(=O)O)[C@@H](c2ccc(Cl)c(Cl)c2)C1. The highest BCUT2D eigenvalue weighted by Gasteiger charge is 2.41. The lowest BCUT2D eigenvalue weighted by Gasteiger charge is -2.24. The first-order valence-electron chi connectivity index (χ1n) is 7.24. The second-order valence-electron chi connectivity index (χ2n) is 6.61. The zero-order chi connectivity index (χ0) is 17.4. The highest BCUT2D eigenvalue weighted by atomic mass is 35.5. The average Bonchev–Trinajstić information content (AvgIpc) is 2.85.